The Morgan fingerprint density at radius 1 is 1.24 bits per heavy atom. The van der Waals surface area contributed by atoms with E-state index in [-0.39, 0.29) is 0 Å². The van der Waals surface area contributed by atoms with Crippen LogP contribution in [0, 0.1) is 6.92 Å². The molecule has 2 aliphatic heterocycles. The van der Waals surface area contributed by atoms with Crippen LogP contribution in [0.1, 0.15) is 35.3 Å². The lowest BCUT2D eigenvalue weighted by atomic mass is 9.88. The summed E-state index contributed by atoms with van der Waals surface area (Å²) in [6.45, 7) is 5.77. The SMILES string of the molecule is Cc1ccc2c3c1C(=O)C(=O)N3C(C)(C)C=C2CSc1nnnn1C. The molecule has 1 aromatic carbocycles. The van der Waals surface area contributed by atoms with E-state index in [0.717, 1.165) is 27.5 Å². The van der Waals surface area contributed by atoms with Crippen molar-refractivity contribution in [3.05, 3.63) is 34.9 Å². The van der Waals surface area contributed by atoms with Gasteiger partial charge in [0.15, 0.2) is 0 Å². The summed E-state index contributed by atoms with van der Waals surface area (Å²) in [5, 5.41) is 12.2. The molecular formula is C17H17N5O2S. The molecule has 3 heterocycles. The lowest BCUT2D eigenvalue weighted by Gasteiger charge is -2.38. The van der Waals surface area contributed by atoms with Crippen LogP contribution < -0.4 is 4.90 Å². The first-order chi connectivity index (χ1) is 11.8. The summed E-state index contributed by atoms with van der Waals surface area (Å²) < 4.78 is 1.62. The van der Waals surface area contributed by atoms with E-state index in [4.69, 9.17) is 0 Å². The van der Waals surface area contributed by atoms with E-state index in [2.05, 4.69) is 21.6 Å². The lowest BCUT2D eigenvalue weighted by Crippen LogP contribution is -2.47. The molecule has 4 rings (SSSR count). The molecule has 0 saturated carbocycles. The van der Waals surface area contributed by atoms with E-state index in [1.165, 1.54) is 11.8 Å². The molecule has 0 radical (unpaired) electrons. The van der Waals surface area contributed by atoms with Crippen molar-refractivity contribution < 1.29 is 9.59 Å². The highest BCUT2D eigenvalue weighted by atomic mass is 32.2. The number of hydrogen-bond donors (Lipinski definition) is 0. The first-order valence-corrected chi connectivity index (χ1v) is 8.89. The van der Waals surface area contributed by atoms with Gasteiger partial charge in [-0.3, -0.25) is 14.5 Å². The molecule has 2 aromatic rings. The van der Waals surface area contributed by atoms with E-state index >= 15 is 0 Å². The van der Waals surface area contributed by atoms with Crippen LogP contribution >= 0.6 is 11.8 Å². The van der Waals surface area contributed by atoms with Gasteiger partial charge < -0.3 is 0 Å². The summed E-state index contributed by atoms with van der Waals surface area (Å²) in [6, 6.07) is 3.90. The van der Waals surface area contributed by atoms with E-state index < -0.39 is 17.2 Å². The number of carbonyl (C=O) groups is 2. The Bertz CT molecular complexity index is 960. The maximum Gasteiger partial charge on any atom is 0.300 e. The predicted octanol–water partition coefficient (Wildman–Crippen LogP) is 2.02. The summed E-state index contributed by atoms with van der Waals surface area (Å²) in [5.74, 6) is -0.207. The highest BCUT2D eigenvalue weighted by Crippen LogP contribution is 2.47. The zero-order valence-electron chi connectivity index (χ0n) is 14.4. The van der Waals surface area contributed by atoms with Crippen LogP contribution in [0.3, 0.4) is 0 Å². The van der Waals surface area contributed by atoms with Gasteiger partial charge >= 0.3 is 0 Å². The van der Waals surface area contributed by atoms with Gasteiger partial charge in [-0.05, 0) is 42.3 Å². The number of hydrogen-bond acceptors (Lipinski definition) is 6. The van der Waals surface area contributed by atoms with Crippen LogP contribution in [0.5, 0.6) is 0 Å². The molecule has 0 bridgehead atoms. The summed E-state index contributed by atoms with van der Waals surface area (Å²) in [4.78, 5) is 26.7. The number of ketones is 1. The topological polar surface area (TPSA) is 81.0 Å². The molecule has 0 unspecified atom stereocenters. The van der Waals surface area contributed by atoms with Gasteiger partial charge in [-0.1, -0.05) is 30.0 Å². The van der Waals surface area contributed by atoms with Gasteiger partial charge in [0, 0.05) is 18.4 Å². The fourth-order valence-corrected chi connectivity index (χ4v) is 4.34. The fraction of sp³-hybridized carbons (Fsp3) is 0.353. The van der Waals surface area contributed by atoms with Crippen LogP contribution in [0.4, 0.5) is 5.69 Å². The van der Waals surface area contributed by atoms with Crippen molar-refractivity contribution in [2.24, 2.45) is 7.05 Å². The third kappa shape index (κ3) is 2.24. The molecule has 2 aliphatic rings. The second-order valence-electron chi connectivity index (χ2n) is 6.82. The quantitative estimate of drug-likeness (QED) is 0.619. The average molecular weight is 355 g/mol. The summed E-state index contributed by atoms with van der Waals surface area (Å²) in [7, 11) is 1.80. The number of benzene rings is 1. The zero-order valence-corrected chi connectivity index (χ0v) is 15.2. The lowest BCUT2D eigenvalue weighted by molar-refractivity contribution is -0.115. The number of carbonyl (C=O) groups excluding carboxylic acids is 2. The van der Waals surface area contributed by atoms with Gasteiger partial charge in [-0.2, -0.15) is 0 Å². The number of rotatable bonds is 3. The number of nitrogens with zero attached hydrogens (tertiary/aromatic N) is 5. The van der Waals surface area contributed by atoms with Gasteiger partial charge in [-0.25, -0.2) is 4.68 Å². The summed E-state index contributed by atoms with van der Waals surface area (Å²) in [6.07, 6.45) is 2.06. The first kappa shape index (κ1) is 16.0. The van der Waals surface area contributed by atoms with Crippen LogP contribution in [0.15, 0.2) is 23.4 Å². The second-order valence-corrected chi connectivity index (χ2v) is 7.76. The zero-order chi connectivity index (χ0) is 17.9. The maximum absolute atomic E-state index is 12.6. The van der Waals surface area contributed by atoms with E-state index in [1.807, 2.05) is 32.9 Å². The minimum absolute atomic E-state index is 0.415. The van der Waals surface area contributed by atoms with E-state index in [9.17, 15) is 9.59 Å². The normalized spacial score (nSPS) is 17.8. The number of anilines is 1. The van der Waals surface area contributed by atoms with Crippen LogP contribution in [-0.4, -0.2) is 43.2 Å². The maximum atomic E-state index is 12.6. The van der Waals surface area contributed by atoms with Crippen molar-refractivity contribution in [3.63, 3.8) is 0 Å². The van der Waals surface area contributed by atoms with Crippen molar-refractivity contribution in [2.75, 3.05) is 10.7 Å². The van der Waals surface area contributed by atoms with Crippen molar-refractivity contribution in [3.8, 4) is 0 Å². The van der Waals surface area contributed by atoms with Gasteiger partial charge in [0.1, 0.15) is 0 Å². The molecule has 7 nitrogen and oxygen atoms in total. The Hall–Kier alpha value is -2.48. The Balaban J connectivity index is 1.81. The molecule has 0 spiro atoms. The van der Waals surface area contributed by atoms with Gasteiger partial charge in [0.2, 0.25) is 5.16 Å². The molecule has 0 aliphatic carbocycles. The third-order valence-corrected chi connectivity index (χ3v) is 5.68. The highest BCUT2D eigenvalue weighted by Gasteiger charge is 2.47. The molecule has 0 saturated heterocycles. The Labute approximate surface area is 149 Å². The van der Waals surface area contributed by atoms with E-state index in [1.54, 1.807) is 16.6 Å². The van der Waals surface area contributed by atoms with Crippen LogP contribution in [-0.2, 0) is 11.8 Å². The molecule has 128 valence electrons. The Morgan fingerprint density at radius 2 is 2.00 bits per heavy atom. The summed E-state index contributed by atoms with van der Waals surface area (Å²) in [5.41, 5.74) is 3.56. The largest absolute Gasteiger partial charge is 0.300 e. The number of Topliss-reactive ketones (excluding diaryl/α,β-unsaturated/α-hetero) is 1. The number of thioether (sulfide) groups is 1. The highest BCUT2D eigenvalue weighted by molar-refractivity contribution is 7.99. The molecule has 1 amide bonds. The van der Waals surface area contributed by atoms with Crippen LogP contribution in [0.2, 0.25) is 0 Å². The van der Waals surface area contributed by atoms with Crippen LogP contribution in [0.25, 0.3) is 5.57 Å². The molecule has 25 heavy (non-hydrogen) atoms. The molecule has 0 atom stereocenters. The first-order valence-electron chi connectivity index (χ1n) is 7.91. The Kier molecular flexibility index (Phi) is 3.37. The standard InChI is InChI=1S/C17H17N5O2S/c1-9-5-6-11-10(8-25-16-18-19-20-21(16)4)7-17(2,3)22-13(11)12(9)14(23)15(22)24/h5-7H,8H2,1-4H3. The minimum atomic E-state index is -0.563. The molecular weight excluding hydrogens is 338 g/mol. The van der Waals surface area contributed by atoms with Crippen molar-refractivity contribution in [2.45, 2.75) is 31.5 Å². The van der Waals surface area contributed by atoms with Crippen molar-refractivity contribution >= 4 is 34.7 Å². The molecule has 0 N–H and O–H groups in total. The monoisotopic (exact) mass is 355 g/mol. The van der Waals surface area contributed by atoms with Crippen molar-refractivity contribution in [1.29, 1.82) is 0 Å². The molecule has 0 fully saturated rings. The van der Waals surface area contributed by atoms with E-state index in [0.29, 0.717) is 11.3 Å². The number of aryl methyl sites for hydroxylation is 2. The van der Waals surface area contributed by atoms with Gasteiger partial charge in [0.05, 0.1) is 16.8 Å². The van der Waals surface area contributed by atoms with Gasteiger partial charge in [-0.15, -0.1) is 5.10 Å². The number of aromatic nitrogens is 4. The fourth-order valence-electron chi connectivity index (χ4n) is 3.50. The number of tetrazole rings is 1. The second kappa shape index (κ2) is 5.26. The smallest absolute Gasteiger partial charge is 0.295 e. The van der Waals surface area contributed by atoms with Crippen molar-refractivity contribution in [1.82, 2.24) is 20.2 Å². The number of amides is 1. The third-order valence-electron chi connectivity index (χ3n) is 4.62. The Morgan fingerprint density at radius 3 is 2.68 bits per heavy atom. The minimum Gasteiger partial charge on any atom is -0.295 e. The average Bonchev–Trinajstić information content (AvgIpc) is 3.07. The molecule has 8 heteroatoms. The summed E-state index contributed by atoms with van der Waals surface area (Å²) >= 11 is 1.53. The predicted molar refractivity (Wildman–Crippen MR) is 94.6 cm³/mol. The van der Waals surface area contributed by atoms with Gasteiger partial charge in [0.25, 0.3) is 11.7 Å². The molecule has 1 aromatic heterocycles.